The van der Waals surface area contributed by atoms with Crippen LogP contribution in [0.15, 0.2) is 36.5 Å². The standard InChI is InChI=1S/C76H123N8O41P/c1-9-43(116-59(99)12-4)27-56(96)79-45(37-113-58(98)11-3)71(118-50(35-88)40(8)125-126(108,109)110)114-38-52-66(104)68(122-61(101)14-6)63(81-57(97)28-44(10-2)117-60(100)13-5)73(121-52)111-24-22-77-53(93)20-21-54(94)78-30-42-31-84(83-82-42)23-25-112-72(48(92)33-86)119-49(34-87)39(7)115-74-67(105)70(65(103)51(36-89)120-74)124-76(75(106)107)29-46(90)62(69(123-76)64(102)47(91)32-85)80-55(95)26-41-18-16-15-17-19-41/h15-19,31,39-40,43-52,62-74,85-92,102-105H,9-14,20-30,32-38H2,1-8H3,(H,77,93)(H,78,94)(H,79,96)(H,80,95)(H,81,97)(H,106,107)(H2,108,109,110)/t39-,40-,43+,44+,45-,46+,47+,48-,49?,50?,51?,52?,62+,63?,64+,65-,66+,67-,68?,69?,70?,71+,72+,73+,74+,76-/m0/s1. The highest BCUT2D eigenvalue weighted by molar-refractivity contribution is 7.46. The van der Waals surface area contributed by atoms with E-state index in [4.69, 9.17) is 70.8 Å². The fraction of sp³-hybridized carbons (Fsp3) is 0.763. The second-order valence-corrected chi connectivity index (χ2v) is 30.7. The molecule has 0 spiro atoms. The lowest BCUT2D eigenvalue weighted by Gasteiger charge is -2.50. The van der Waals surface area contributed by atoms with Crippen molar-refractivity contribution in [1.82, 2.24) is 41.6 Å². The van der Waals surface area contributed by atoms with Crippen LogP contribution in [0.5, 0.6) is 0 Å². The van der Waals surface area contributed by atoms with Crippen LogP contribution in [-0.2, 0) is 143 Å². The molecule has 126 heavy (non-hydrogen) atoms. The van der Waals surface area contributed by atoms with Gasteiger partial charge in [0.05, 0.1) is 116 Å². The summed E-state index contributed by atoms with van der Waals surface area (Å²) >= 11 is 0. The molecule has 0 radical (unpaired) electrons. The van der Waals surface area contributed by atoms with Crippen molar-refractivity contribution in [3.8, 4) is 0 Å². The summed E-state index contributed by atoms with van der Waals surface area (Å²) in [6, 6.07) is 3.31. The quantitative estimate of drug-likeness (QED) is 0.00962. The van der Waals surface area contributed by atoms with Gasteiger partial charge in [0, 0.05) is 51.5 Å². The molecule has 5 rings (SSSR count). The van der Waals surface area contributed by atoms with Crippen LogP contribution in [0.2, 0.25) is 0 Å². The number of hydrogen-bond acceptors (Lipinski definition) is 40. The van der Waals surface area contributed by atoms with Crippen molar-refractivity contribution in [2.45, 2.75) is 304 Å². The van der Waals surface area contributed by atoms with Gasteiger partial charge in [-0.3, -0.25) is 47.7 Å². The van der Waals surface area contributed by atoms with Crippen LogP contribution in [0.1, 0.15) is 137 Å². The van der Waals surface area contributed by atoms with E-state index in [1.165, 1.54) is 45.5 Å². The Morgan fingerprint density at radius 2 is 1.22 bits per heavy atom. The van der Waals surface area contributed by atoms with Gasteiger partial charge in [-0.05, 0) is 32.3 Å². The number of hydrogen-bond donors (Lipinski definition) is 20. The van der Waals surface area contributed by atoms with Crippen LogP contribution < -0.4 is 26.6 Å². The molecule has 2 aromatic rings. The number of carbonyl (C=O) groups is 10. The van der Waals surface area contributed by atoms with Crippen LogP contribution >= 0.6 is 7.82 Å². The Morgan fingerprint density at radius 1 is 0.643 bits per heavy atom. The van der Waals surface area contributed by atoms with Crippen LogP contribution in [0, 0.1) is 0 Å². The maximum atomic E-state index is 13.9. The maximum absolute atomic E-state index is 13.9. The molecule has 0 saturated carbocycles. The lowest BCUT2D eigenvalue weighted by Crippen LogP contribution is -2.70. The number of rotatable bonds is 58. The van der Waals surface area contributed by atoms with E-state index >= 15 is 0 Å². The molecule has 718 valence electrons. The van der Waals surface area contributed by atoms with E-state index in [9.17, 15) is 129 Å². The molecule has 1 aromatic heterocycles. The van der Waals surface area contributed by atoms with Gasteiger partial charge in [-0.15, -0.1) is 5.10 Å². The molecule has 1 aromatic carbocycles. The third kappa shape index (κ3) is 35.0. The normalized spacial score (nSPS) is 25.6. The molecule has 50 heteroatoms. The highest BCUT2D eigenvalue weighted by atomic mass is 31.2. The van der Waals surface area contributed by atoms with E-state index in [1.807, 2.05) is 0 Å². The summed E-state index contributed by atoms with van der Waals surface area (Å²) < 4.78 is 99.1. The summed E-state index contributed by atoms with van der Waals surface area (Å²) in [6.45, 7) is 3.28. The summed E-state index contributed by atoms with van der Waals surface area (Å²) in [6.07, 6.45) is -41.6. The van der Waals surface area contributed by atoms with Crippen LogP contribution in [0.25, 0.3) is 0 Å². The minimum absolute atomic E-state index is 0.0313. The van der Waals surface area contributed by atoms with Gasteiger partial charge in [0.1, 0.15) is 110 Å². The number of carboxylic acid groups (broad SMARTS) is 1. The van der Waals surface area contributed by atoms with Crippen molar-refractivity contribution in [2.75, 3.05) is 66.0 Å². The van der Waals surface area contributed by atoms with Gasteiger partial charge in [-0.25, -0.2) is 14.0 Å². The smallest absolute Gasteiger partial charge is 0.469 e. The number of ether oxygens (including phenoxy) is 14. The highest BCUT2D eigenvalue weighted by Crippen LogP contribution is 2.40. The first-order valence-electron chi connectivity index (χ1n) is 41.1. The molecule has 26 atom stereocenters. The lowest BCUT2D eigenvalue weighted by molar-refractivity contribution is -0.375. The molecule has 0 bridgehead atoms. The molecule has 4 heterocycles. The number of carbonyl (C=O) groups excluding carboxylic acids is 9. The minimum Gasteiger partial charge on any atom is -0.477 e. The van der Waals surface area contributed by atoms with Gasteiger partial charge in [0.25, 0.3) is 5.79 Å². The van der Waals surface area contributed by atoms with Gasteiger partial charge in [0.2, 0.25) is 29.5 Å². The van der Waals surface area contributed by atoms with Crippen molar-refractivity contribution in [3.05, 3.63) is 47.8 Å². The van der Waals surface area contributed by atoms with E-state index in [0.717, 1.165) is 6.92 Å². The Labute approximate surface area is 724 Å². The zero-order valence-corrected chi connectivity index (χ0v) is 71.9. The van der Waals surface area contributed by atoms with E-state index < -0.39 is 311 Å². The highest BCUT2D eigenvalue weighted by Gasteiger charge is 2.60. The first-order chi connectivity index (χ1) is 59.8. The summed E-state index contributed by atoms with van der Waals surface area (Å²) in [4.78, 5) is 150. The Bertz CT molecular complexity index is 3730. The summed E-state index contributed by atoms with van der Waals surface area (Å²) in [5.41, 5.74) is 0.698. The number of nitrogens with zero attached hydrogens (tertiary/aromatic N) is 3. The van der Waals surface area contributed by atoms with Gasteiger partial charge in [-0.1, -0.05) is 77.1 Å². The molecule has 5 amide bonds. The van der Waals surface area contributed by atoms with Crippen molar-refractivity contribution in [3.63, 3.8) is 0 Å². The Morgan fingerprint density at radius 3 is 1.80 bits per heavy atom. The number of nitrogens with one attached hydrogen (secondary N) is 5. The molecule has 20 N–H and O–H groups in total. The van der Waals surface area contributed by atoms with E-state index in [1.54, 1.807) is 44.2 Å². The molecule has 3 fully saturated rings. The maximum Gasteiger partial charge on any atom is 0.469 e. The van der Waals surface area contributed by atoms with Gasteiger partial charge in [-0.2, -0.15) is 0 Å². The average Bonchev–Trinajstić information content (AvgIpc) is 0.823. The fourth-order valence-electron chi connectivity index (χ4n) is 12.8. The van der Waals surface area contributed by atoms with Crippen molar-refractivity contribution >= 4 is 67.2 Å². The summed E-state index contributed by atoms with van der Waals surface area (Å²) in [7, 11) is -5.29. The number of benzene rings is 1. The van der Waals surface area contributed by atoms with E-state index in [-0.39, 0.29) is 76.9 Å². The summed E-state index contributed by atoms with van der Waals surface area (Å²) in [5.74, 6) is -11.9. The fourth-order valence-corrected chi connectivity index (χ4v) is 13.4. The zero-order chi connectivity index (χ0) is 93.7. The van der Waals surface area contributed by atoms with Crippen molar-refractivity contribution in [1.29, 1.82) is 0 Å². The third-order valence-corrected chi connectivity index (χ3v) is 20.5. The number of aliphatic hydroxyl groups excluding tert-OH is 12. The largest absolute Gasteiger partial charge is 0.477 e. The second kappa shape index (κ2) is 54.7. The van der Waals surface area contributed by atoms with Crippen molar-refractivity contribution < 1.29 is 200 Å². The van der Waals surface area contributed by atoms with Crippen LogP contribution in [-0.4, -0.2) is 375 Å². The molecular weight excluding hydrogens is 1710 g/mol. The monoisotopic (exact) mass is 1830 g/mol. The summed E-state index contributed by atoms with van der Waals surface area (Å²) in [5, 5.41) is 162. The third-order valence-electron chi connectivity index (χ3n) is 19.9. The molecule has 0 aliphatic carbocycles. The van der Waals surface area contributed by atoms with Crippen LogP contribution in [0.4, 0.5) is 0 Å². The van der Waals surface area contributed by atoms with Gasteiger partial charge < -0.3 is 169 Å². The van der Waals surface area contributed by atoms with E-state index in [0.29, 0.717) is 5.56 Å². The number of carboxylic acids is 1. The van der Waals surface area contributed by atoms with Gasteiger partial charge >= 0.3 is 37.7 Å². The molecular formula is C76H123N8O41P. The van der Waals surface area contributed by atoms with Gasteiger partial charge in [0.15, 0.2) is 31.3 Å². The Balaban J connectivity index is 1.23. The number of phosphoric ester groups is 1. The zero-order valence-electron chi connectivity index (χ0n) is 71.0. The second-order valence-electron chi connectivity index (χ2n) is 29.5. The van der Waals surface area contributed by atoms with E-state index in [2.05, 4.69) is 36.9 Å². The number of aliphatic carboxylic acids is 1. The SMILES string of the molecule is CCC(=O)OC[C@H](NC(=O)C[C@@H](CC)OC(=O)CC)[C@H](OCC1O[C@@H](OCCNC(=O)CCC(=O)NCc2cn(CCO[C@H](OC(CO)[C@H](C)O[C@@H]3OC(CO)[C@H](O)C(O[C@]4(C(=O)O)C[C@@H](O)[C@@H](NC(=O)Cc5ccccc5)C([C@H](O)[C@H](O)CO)O4)[C@@H]3O)[C@@H](O)CO)nn2)C(NC(=O)C[C@@H](CC)OC(=O)CC)C(OC(=O)CC)[C@@H]1O)OC(CO)[C@H](C)OP(=O)(O)O. The van der Waals surface area contributed by atoms with Crippen molar-refractivity contribution in [2.24, 2.45) is 0 Å². The molecule has 3 aliphatic rings. The number of amides is 5. The average molecular weight is 1840 g/mol. The first kappa shape index (κ1) is 109. The first-order valence-corrected chi connectivity index (χ1v) is 42.6. The Hall–Kier alpha value is -7.71. The topological polar surface area (TPSA) is 721 Å². The van der Waals surface area contributed by atoms with Crippen LogP contribution in [0.3, 0.4) is 0 Å². The lowest BCUT2D eigenvalue weighted by atomic mass is 9.88. The number of phosphoric acid groups is 1. The number of aliphatic hydroxyl groups is 12. The molecule has 8 unspecified atom stereocenters. The number of aromatic nitrogens is 3. The predicted molar refractivity (Wildman–Crippen MR) is 419 cm³/mol. The molecule has 49 nitrogen and oxygen atoms in total. The predicted octanol–water partition coefficient (Wildman–Crippen LogP) is -6.73. The number of esters is 4. The molecule has 3 saturated heterocycles. The minimum atomic E-state index is -5.29. The molecule has 3 aliphatic heterocycles. The Kier molecular flexibility index (Phi) is 47.2.